The molecule has 3 amide bonds. The standard InChI is InChI=1S/C14H22N2O4S/c1-13(2,3)14(15-11(18)19)6-4-9(5-7-14)16-10(17)8-21-12(16)20/h9,15H,4-8H2,1-3H3,(H,18,19)/t9-,14-. The largest absolute Gasteiger partial charge is 0.465 e. The first kappa shape index (κ1) is 16.1. The topological polar surface area (TPSA) is 86.7 Å². The first-order valence-corrected chi connectivity index (χ1v) is 8.15. The molecule has 2 aliphatic rings. The van der Waals surface area contributed by atoms with Gasteiger partial charge >= 0.3 is 6.09 Å². The van der Waals surface area contributed by atoms with Crippen LogP contribution in [0, 0.1) is 5.41 Å². The lowest BCUT2D eigenvalue weighted by atomic mass is 9.64. The van der Waals surface area contributed by atoms with Crippen molar-refractivity contribution in [3.63, 3.8) is 0 Å². The number of thioether (sulfide) groups is 1. The first-order valence-electron chi connectivity index (χ1n) is 7.16. The number of hydrogen-bond donors (Lipinski definition) is 2. The van der Waals surface area contributed by atoms with E-state index < -0.39 is 11.6 Å². The van der Waals surface area contributed by atoms with Gasteiger partial charge in [-0.3, -0.25) is 14.5 Å². The summed E-state index contributed by atoms with van der Waals surface area (Å²) in [5, 5.41) is 11.6. The summed E-state index contributed by atoms with van der Waals surface area (Å²) in [4.78, 5) is 36.1. The van der Waals surface area contributed by atoms with Gasteiger partial charge in [-0.2, -0.15) is 0 Å². The number of amides is 3. The van der Waals surface area contributed by atoms with Gasteiger partial charge in [0.2, 0.25) is 5.91 Å². The Hall–Kier alpha value is -1.24. The number of rotatable bonds is 2. The number of carboxylic acid groups (broad SMARTS) is 1. The fraction of sp³-hybridized carbons (Fsp3) is 0.786. The molecule has 0 unspecified atom stereocenters. The number of nitrogens with one attached hydrogen (secondary N) is 1. The summed E-state index contributed by atoms with van der Waals surface area (Å²) in [7, 11) is 0. The molecule has 7 heteroatoms. The molecule has 2 rings (SSSR count). The maximum atomic E-state index is 11.8. The number of hydrogen-bond acceptors (Lipinski definition) is 4. The summed E-state index contributed by atoms with van der Waals surface area (Å²) < 4.78 is 0. The highest BCUT2D eigenvalue weighted by Crippen LogP contribution is 2.43. The van der Waals surface area contributed by atoms with E-state index in [1.807, 2.05) is 20.8 Å². The zero-order valence-corrected chi connectivity index (χ0v) is 13.5. The molecule has 0 aromatic rings. The van der Waals surface area contributed by atoms with Crippen LogP contribution in [0.1, 0.15) is 46.5 Å². The average molecular weight is 314 g/mol. The smallest absolute Gasteiger partial charge is 0.405 e. The molecular weight excluding hydrogens is 292 g/mol. The van der Waals surface area contributed by atoms with E-state index in [4.69, 9.17) is 5.11 Å². The van der Waals surface area contributed by atoms with E-state index in [0.717, 1.165) is 11.8 Å². The number of imide groups is 1. The Bertz CT molecular complexity index is 448. The van der Waals surface area contributed by atoms with E-state index in [2.05, 4.69) is 5.32 Å². The van der Waals surface area contributed by atoms with Gasteiger partial charge in [-0.15, -0.1) is 0 Å². The van der Waals surface area contributed by atoms with Gasteiger partial charge in [0.15, 0.2) is 0 Å². The van der Waals surface area contributed by atoms with Crippen LogP contribution < -0.4 is 5.32 Å². The predicted octanol–water partition coefficient (Wildman–Crippen LogP) is 2.68. The highest BCUT2D eigenvalue weighted by atomic mass is 32.2. The lowest BCUT2D eigenvalue weighted by Gasteiger charge is -2.49. The predicted molar refractivity (Wildman–Crippen MR) is 80.3 cm³/mol. The molecule has 6 nitrogen and oxygen atoms in total. The van der Waals surface area contributed by atoms with Crippen LogP contribution in [0.5, 0.6) is 0 Å². The first-order chi connectivity index (χ1) is 9.66. The number of carbonyl (C=O) groups is 3. The lowest BCUT2D eigenvalue weighted by Crippen LogP contribution is -2.60. The molecule has 0 aromatic heterocycles. The molecule has 0 aromatic carbocycles. The number of carbonyl (C=O) groups excluding carboxylic acids is 2. The van der Waals surface area contributed by atoms with Crippen LogP contribution in [-0.2, 0) is 4.79 Å². The van der Waals surface area contributed by atoms with E-state index in [-0.39, 0.29) is 28.4 Å². The van der Waals surface area contributed by atoms with Crippen LogP contribution >= 0.6 is 11.8 Å². The van der Waals surface area contributed by atoms with Crippen molar-refractivity contribution in [2.75, 3.05) is 5.75 Å². The minimum Gasteiger partial charge on any atom is -0.465 e. The third-order valence-corrected chi connectivity index (χ3v) is 5.58. The molecule has 1 saturated heterocycles. The zero-order chi connectivity index (χ0) is 15.8. The van der Waals surface area contributed by atoms with Crippen molar-refractivity contribution in [2.45, 2.75) is 58.0 Å². The van der Waals surface area contributed by atoms with Gasteiger partial charge in [-0.25, -0.2) is 4.79 Å². The highest BCUT2D eigenvalue weighted by Gasteiger charge is 2.48. The second-order valence-electron chi connectivity index (χ2n) is 6.81. The maximum Gasteiger partial charge on any atom is 0.405 e. The Labute approximate surface area is 128 Å². The van der Waals surface area contributed by atoms with E-state index in [0.29, 0.717) is 25.7 Å². The fourth-order valence-electron chi connectivity index (χ4n) is 3.34. The van der Waals surface area contributed by atoms with Gasteiger partial charge in [-0.1, -0.05) is 32.5 Å². The quantitative estimate of drug-likeness (QED) is 0.818. The molecule has 1 aliphatic heterocycles. The molecule has 0 radical (unpaired) electrons. The molecular formula is C14H22N2O4S. The molecule has 1 saturated carbocycles. The van der Waals surface area contributed by atoms with Gasteiger partial charge in [0.25, 0.3) is 5.24 Å². The molecule has 1 aliphatic carbocycles. The molecule has 0 spiro atoms. The molecule has 0 atom stereocenters. The molecule has 2 N–H and O–H groups in total. The minimum absolute atomic E-state index is 0.0916. The second kappa shape index (κ2) is 5.51. The highest BCUT2D eigenvalue weighted by molar-refractivity contribution is 8.14. The average Bonchev–Trinajstić information content (AvgIpc) is 2.68. The van der Waals surface area contributed by atoms with Crippen molar-refractivity contribution in [3.8, 4) is 0 Å². The molecule has 2 fully saturated rings. The van der Waals surface area contributed by atoms with Crippen LogP contribution in [0.3, 0.4) is 0 Å². The fourth-order valence-corrected chi connectivity index (χ4v) is 4.11. The molecule has 0 bridgehead atoms. The van der Waals surface area contributed by atoms with Crippen molar-refractivity contribution in [2.24, 2.45) is 5.41 Å². The normalized spacial score (nSPS) is 30.6. The van der Waals surface area contributed by atoms with Gasteiger partial charge in [0, 0.05) is 11.6 Å². The molecule has 21 heavy (non-hydrogen) atoms. The minimum atomic E-state index is -1.02. The van der Waals surface area contributed by atoms with Crippen molar-refractivity contribution in [3.05, 3.63) is 0 Å². The van der Waals surface area contributed by atoms with Crippen molar-refractivity contribution < 1.29 is 19.5 Å². The lowest BCUT2D eigenvalue weighted by molar-refractivity contribution is -0.127. The summed E-state index contributed by atoms with van der Waals surface area (Å²) in [6, 6.07) is -0.0916. The molecule has 118 valence electrons. The summed E-state index contributed by atoms with van der Waals surface area (Å²) in [6.45, 7) is 6.06. The summed E-state index contributed by atoms with van der Waals surface area (Å²) in [6.07, 6.45) is 1.54. The van der Waals surface area contributed by atoms with Gasteiger partial charge in [-0.05, 0) is 31.1 Å². The van der Waals surface area contributed by atoms with Crippen molar-refractivity contribution >= 4 is 29.0 Å². The number of nitrogens with zero attached hydrogens (tertiary/aromatic N) is 1. The van der Waals surface area contributed by atoms with Crippen molar-refractivity contribution in [1.82, 2.24) is 10.2 Å². The van der Waals surface area contributed by atoms with Gasteiger partial charge in [0.1, 0.15) is 0 Å². The Balaban J connectivity index is 2.11. The van der Waals surface area contributed by atoms with E-state index >= 15 is 0 Å². The van der Waals surface area contributed by atoms with Crippen LogP contribution in [0.4, 0.5) is 9.59 Å². The van der Waals surface area contributed by atoms with Crippen molar-refractivity contribution in [1.29, 1.82) is 0 Å². The molecule has 1 heterocycles. The van der Waals surface area contributed by atoms with Gasteiger partial charge < -0.3 is 10.4 Å². The summed E-state index contributed by atoms with van der Waals surface area (Å²) in [5.41, 5.74) is -0.724. The Morgan fingerprint density at radius 3 is 2.29 bits per heavy atom. The third-order valence-electron chi connectivity index (χ3n) is 4.74. The Morgan fingerprint density at radius 2 is 1.90 bits per heavy atom. The zero-order valence-electron chi connectivity index (χ0n) is 12.6. The van der Waals surface area contributed by atoms with E-state index in [1.165, 1.54) is 4.90 Å². The third kappa shape index (κ3) is 3.02. The van der Waals surface area contributed by atoms with Crippen LogP contribution in [-0.4, -0.2) is 44.6 Å². The monoisotopic (exact) mass is 314 g/mol. The summed E-state index contributed by atoms with van der Waals surface area (Å²) >= 11 is 1.05. The van der Waals surface area contributed by atoms with Gasteiger partial charge in [0.05, 0.1) is 5.75 Å². The summed E-state index contributed by atoms with van der Waals surface area (Å²) in [5.74, 6) is 0.108. The van der Waals surface area contributed by atoms with E-state index in [1.54, 1.807) is 0 Å². The Morgan fingerprint density at radius 1 is 1.33 bits per heavy atom. The van der Waals surface area contributed by atoms with Crippen LogP contribution in [0.2, 0.25) is 0 Å². The van der Waals surface area contributed by atoms with E-state index in [9.17, 15) is 14.4 Å². The second-order valence-corrected chi connectivity index (χ2v) is 7.74. The maximum absolute atomic E-state index is 11.8. The van der Waals surface area contributed by atoms with Crippen LogP contribution in [0.25, 0.3) is 0 Å². The Kier molecular flexibility index (Phi) is 4.24. The van der Waals surface area contributed by atoms with Crippen LogP contribution in [0.15, 0.2) is 0 Å². The SMILES string of the molecule is CC(C)(C)[C@]1(NC(=O)O)CC[C@H](N2C(=O)CSC2=O)CC1.